The molecule has 4 heteroatoms. The third-order valence-electron chi connectivity index (χ3n) is 3.76. The second-order valence-electron chi connectivity index (χ2n) is 5.36. The molecule has 94 valence electrons. The Balaban J connectivity index is 2.06. The highest BCUT2D eigenvalue weighted by Crippen LogP contribution is 2.31. The van der Waals surface area contributed by atoms with Gasteiger partial charge in [0, 0.05) is 30.0 Å². The molecular formula is C14H18N4. The number of imidazole rings is 1. The summed E-state index contributed by atoms with van der Waals surface area (Å²) in [4.78, 5) is 8.59. The number of aromatic nitrogens is 3. The Morgan fingerprint density at radius 2 is 2.17 bits per heavy atom. The molecule has 4 nitrogen and oxygen atoms in total. The van der Waals surface area contributed by atoms with E-state index in [1.165, 1.54) is 11.3 Å². The fourth-order valence-electron chi connectivity index (χ4n) is 2.65. The molecular weight excluding hydrogens is 224 g/mol. The first-order valence-corrected chi connectivity index (χ1v) is 6.35. The first-order chi connectivity index (χ1) is 8.69. The van der Waals surface area contributed by atoms with Crippen LogP contribution < -0.4 is 5.32 Å². The largest absolute Gasteiger partial charge is 0.316 e. The SMILES string of the molecule is Cc1cncc(-n2cncc2C2(C)CCNC2)c1. The Bertz CT molecular complexity index is 552. The zero-order chi connectivity index (χ0) is 12.6. The lowest BCUT2D eigenvalue weighted by Gasteiger charge is -2.24. The van der Waals surface area contributed by atoms with Gasteiger partial charge in [-0.1, -0.05) is 6.92 Å². The van der Waals surface area contributed by atoms with Gasteiger partial charge in [0.25, 0.3) is 0 Å². The number of nitrogens with one attached hydrogen (secondary N) is 1. The molecule has 0 aromatic carbocycles. The summed E-state index contributed by atoms with van der Waals surface area (Å²) in [7, 11) is 0. The Hall–Kier alpha value is -1.68. The van der Waals surface area contributed by atoms with Crippen LogP contribution in [0.1, 0.15) is 24.6 Å². The topological polar surface area (TPSA) is 42.7 Å². The molecule has 1 N–H and O–H groups in total. The maximum absolute atomic E-state index is 4.33. The van der Waals surface area contributed by atoms with E-state index in [1.54, 1.807) is 0 Å². The van der Waals surface area contributed by atoms with E-state index in [-0.39, 0.29) is 5.41 Å². The summed E-state index contributed by atoms with van der Waals surface area (Å²) >= 11 is 0. The van der Waals surface area contributed by atoms with E-state index in [4.69, 9.17) is 0 Å². The first-order valence-electron chi connectivity index (χ1n) is 6.35. The molecule has 0 bridgehead atoms. The minimum absolute atomic E-state index is 0.167. The highest BCUT2D eigenvalue weighted by molar-refractivity contribution is 5.36. The average molecular weight is 242 g/mol. The third-order valence-corrected chi connectivity index (χ3v) is 3.76. The van der Waals surface area contributed by atoms with Crippen LogP contribution in [-0.2, 0) is 5.41 Å². The van der Waals surface area contributed by atoms with Crippen LogP contribution in [0.3, 0.4) is 0 Å². The number of pyridine rings is 1. The zero-order valence-corrected chi connectivity index (χ0v) is 10.8. The minimum atomic E-state index is 0.167. The van der Waals surface area contributed by atoms with E-state index in [0.717, 1.165) is 25.2 Å². The van der Waals surface area contributed by atoms with Gasteiger partial charge in [0.2, 0.25) is 0 Å². The van der Waals surface area contributed by atoms with Crippen molar-refractivity contribution in [2.24, 2.45) is 0 Å². The van der Waals surface area contributed by atoms with Crippen molar-refractivity contribution in [3.8, 4) is 5.69 Å². The average Bonchev–Trinajstić information content (AvgIpc) is 2.98. The quantitative estimate of drug-likeness (QED) is 0.873. The van der Waals surface area contributed by atoms with Crippen LogP contribution in [-0.4, -0.2) is 27.6 Å². The van der Waals surface area contributed by atoms with Crippen LogP contribution in [0.15, 0.2) is 31.0 Å². The fraction of sp³-hybridized carbons (Fsp3) is 0.429. The fourth-order valence-corrected chi connectivity index (χ4v) is 2.65. The van der Waals surface area contributed by atoms with Gasteiger partial charge < -0.3 is 9.88 Å². The van der Waals surface area contributed by atoms with Gasteiger partial charge in [-0.25, -0.2) is 4.98 Å². The van der Waals surface area contributed by atoms with Gasteiger partial charge >= 0.3 is 0 Å². The van der Waals surface area contributed by atoms with Crippen LogP contribution in [0, 0.1) is 6.92 Å². The number of aryl methyl sites for hydroxylation is 1. The Morgan fingerprint density at radius 3 is 2.89 bits per heavy atom. The second kappa shape index (κ2) is 4.21. The van der Waals surface area contributed by atoms with Crippen LogP contribution in [0.5, 0.6) is 0 Å². The molecule has 3 rings (SSSR count). The van der Waals surface area contributed by atoms with Gasteiger partial charge in [0.05, 0.1) is 18.2 Å². The van der Waals surface area contributed by atoms with E-state index in [2.05, 4.69) is 39.8 Å². The smallest absolute Gasteiger partial charge is 0.0994 e. The number of nitrogens with zero attached hydrogens (tertiary/aromatic N) is 3. The van der Waals surface area contributed by atoms with E-state index in [1.807, 2.05) is 24.9 Å². The molecule has 0 amide bonds. The van der Waals surface area contributed by atoms with E-state index in [9.17, 15) is 0 Å². The standard InChI is InChI=1S/C14H18N4/c1-11-5-12(7-16-6-11)18-10-17-8-13(18)14(2)3-4-15-9-14/h5-8,10,15H,3-4,9H2,1-2H3. The van der Waals surface area contributed by atoms with Crippen molar-refractivity contribution in [1.29, 1.82) is 0 Å². The Kier molecular flexibility index (Phi) is 2.67. The molecule has 2 aromatic heterocycles. The number of hydrogen-bond donors (Lipinski definition) is 1. The summed E-state index contributed by atoms with van der Waals surface area (Å²) in [6.45, 7) is 6.45. The summed E-state index contributed by atoms with van der Waals surface area (Å²) in [5, 5.41) is 3.43. The van der Waals surface area contributed by atoms with Gasteiger partial charge in [-0.2, -0.15) is 0 Å². The van der Waals surface area contributed by atoms with Crippen LogP contribution in [0.25, 0.3) is 5.69 Å². The van der Waals surface area contributed by atoms with Crippen molar-refractivity contribution in [2.45, 2.75) is 25.7 Å². The summed E-state index contributed by atoms with van der Waals surface area (Å²) in [6.07, 6.45) is 8.78. The summed E-state index contributed by atoms with van der Waals surface area (Å²) in [5.74, 6) is 0. The second-order valence-corrected chi connectivity index (χ2v) is 5.36. The molecule has 18 heavy (non-hydrogen) atoms. The molecule has 0 radical (unpaired) electrons. The predicted octanol–water partition coefficient (Wildman–Crippen LogP) is 1.83. The van der Waals surface area contributed by atoms with E-state index < -0.39 is 0 Å². The van der Waals surface area contributed by atoms with Crippen molar-refractivity contribution in [3.63, 3.8) is 0 Å². The molecule has 0 spiro atoms. The molecule has 3 heterocycles. The monoisotopic (exact) mass is 242 g/mol. The third kappa shape index (κ3) is 1.82. The Labute approximate surface area is 107 Å². The van der Waals surface area contributed by atoms with Gasteiger partial charge in [0.1, 0.15) is 0 Å². The van der Waals surface area contributed by atoms with Crippen molar-refractivity contribution in [3.05, 3.63) is 42.2 Å². The highest BCUT2D eigenvalue weighted by atomic mass is 15.1. The van der Waals surface area contributed by atoms with Crippen molar-refractivity contribution < 1.29 is 0 Å². The normalized spacial score (nSPS) is 23.4. The number of hydrogen-bond acceptors (Lipinski definition) is 3. The van der Waals surface area contributed by atoms with Crippen LogP contribution in [0.2, 0.25) is 0 Å². The minimum Gasteiger partial charge on any atom is -0.316 e. The molecule has 1 aliphatic rings. The Morgan fingerprint density at radius 1 is 1.28 bits per heavy atom. The summed E-state index contributed by atoms with van der Waals surface area (Å²) in [6, 6.07) is 2.14. The molecule has 0 aliphatic carbocycles. The van der Waals surface area contributed by atoms with Gasteiger partial charge in [-0.3, -0.25) is 4.98 Å². The van der Waals surface area contributed by atoms with Crippen LogP contribution in [0.4, 0.5) is 0 Å². The molecule has 1 unspecified atom stereocenters. The lowest BCUT2D eigenvalue weighted by atomic mass is 9.86. The number of rotatable bonds is 2. The van der Waals surface area contributed by atoms with Gasteiger partial charge in [-0.05, 0) is 31.5 Å². The zero-order valence-electron chi connectivity index (χ0n) is 10.8. The molecule has 1 fully saturated rings. The van der Waals surface area contributed by atoms with E-state index >= 15 is 0 Å². The molecule has 1 atom stereocenters. The molecule has 2 aromatic rings. The van der Waals surface area contributed by atoms with Crippen molar-refractivity contribution in [2.75, 3.05) is 13.1 Å². The first kappa shape index (κ1) is 11.4. The predicted molar refractivity (Wildman–Crippen MR) is 70.9 cm³/mol. The van der Waals surface area contributed by atoms with Crippen molar-refractivity contribution in [1.82, 2.24) is 19.9 Å². The molecule has 1 aliphatic heterocycles. The van der Waals surface area contributed by atoms with Gasteiger partial charge in [-0.15, -0.1) is 0 Å². The maximum atomic E-state index is 4.33. The van der Waals surface area contributed by atoms with Gasteiger partial charge in [0.15, 0.2) is 0 Å². The molecule has 0 saturated carbocycles. The van der Waals surface area contributed by atoms with E-state index in [0.29, 0.717) is 0 Å². The van der Waals surface area contributed by atoms with Crippen molar-refractivity contribution >= 4 is 0 Å². The highest BCUT2D eigenvalue weighted by Gasteiger charge is 2.33. The molecule has 1 saturated heterocycles. The van der Waals surface area contributed by atoms with Crippen LogP contribution >= 0.6 is 0 Å². The summed E-state index contributed by atoms with van der Waals surface area (Å²) < 4.78 is 2.16. The maximum Gasteiger partial charge on any atom is 0.0994 e. The lowest BCUT2D eigenvalue weighted by molar-refractivity contribution is 0.498. The lowest BCUT2D eigenvalue weighted by Crippen LogP contribution is -2.27. The summed E-state index contributed by atoms with van der Waals surface area (Å²) in [5.41, 5.74) is 3.69.